The van der Waals surface area contributed by atoms with Crippen LogP contribution < -0.4 is 10.6 Å². The van der Waals surface area contributed by atoms with E-state index >= 15 is 0 Å². The second kappa shape index (κ2) is 5.57. The molecular weight excluding hydrogens is 247 g/mol. The average Bonchev–Trinajstić information content (AvgIpc) is 2.82. The number of urea groups is 1. The Morgan fingerprint density at radius 1 is 1.42 bits per heavy atom. The van der Waals surface area contributed by atoms with E-state index in [-0.39, 0.29) is 18.5 Å². The van der Waals surface area contributed by atoms with Gasteiger partial charge in [-0.2, -0.15) is 0 Å². The van der Waals surface area contributed by atoms with Crippen LogP contribution in [-0.4, -0.2) is 23.3 Å². The molecule has 104 valence electrons. The number of hydrogen-bond acceptors (Lipinski definition) is 2. The number of halogens is 1. The molecule has 0 radical (unpaired) electrons. The zero-order valence-electron chi connectivity index (χ0n) is 11.0. The molecule has 3 N–H and O–H groups in total. The van der Waals surface area contributed by atoms with Crippen LogP contribution in [0.4, 0.5) is 14.9 Å². The molecule has 1 aromatic rings. The van der Waals surface area contributed by atoms with Crippen LogP contribution in [0.5, 0.6) is 0 Å². The van der Waals surface area contributed by atoms with Crippen molar-refractivity contribution in [2.24, 2.45) is 0 Å². The summed E-state index contributed by atoms with van der Waals surface area (Å²) in [6.45, 7) is 1.68. The maximum Gasteiger partial charge on any atom is 0.319 e. The number of amides is 2. The molecule has 0 atom stereocenters. The van der Waals surface area contributed by atoms with Crippen LogP contribution in [0.15, 0.2) is 18.2 Å². The van der Waals surface area contributed by atoms with E-state index in [1.807, 2.05) is 0 Å². The van der Waals surface area contributed by atoms with Gasteiger partial charge < -0.3 is 15.7 Å². The van der Waals surface area contributed by atoms with Gasteiger partial charge in [-0.25, -0.2) is 9.18 Å². The maximum absolute atomic E-state index is 13.0. The molecule has 0 aliphatic heterocycles. The van der Waals surface area contributed by atoms with E-state index in [2.05, 4.69) is 10.6 Å². The zero-order valence-corrected chi connectivity index (χ0v) is 11.0. The Bertz CT molecular complexity index is 471. The lowest BCUT2D eigenvalue weighted by Crippen LogP contribution is -2.50. The standard InChI is InChI=1S/C14H19FN2O2/c1-10-8-11(15)4-5-12(10)16-13(19)17-14(9-18)6-2-3-7-14/h4-5,8,18H,2-3,6-7,9H2,1H3,(H2,16,17,19). The zero-order chi connectivity index (χ0) is 13.9. The summed E-state index contributed by atoms with van der Waals surface area (Å²) in [5.41, 5.74) is 0.738. The van der Waals surface area contributed by atoms with Crippen LogP contribution in [0.2, 0.25) is 0 Å². The molecule has 0 spiro atoms. The largest absolute Gasteiger partial charge is 0.394 e. The Morgan fingerprint density at radius 2 is 2.11 bits per heavy atom. The Kier molecular flexibility index (Phi) is 4.04. The number of hydrogen-bond donors (Lipinski definition) is 3. The second-order valence-electron chi connectivity index (χ2n) is 5.18. The first-order valence-electron chi connectivity index (χ1n) is 6.51. The number of carbonyl (C=O) groups excluding carboxylic acids is 1. The van der Waals surface area contributed by atoms with Crippen LogP contribution in [0.3, 0.4) is 0 Å². The lowest BCUT2D eigenvalue weighted by molar-refractivity contribution is 0.167. The van der Waals surface area contributed by atoms with Crippen molar-refractivity contribution in [2.45, 2.75) is 38.1 Å². The first-order chi connectivity index (χ1) is 9.04. The first kappa shape index (κ1) is 13.8. The monoisotopic (exact) mass is 266 g/mol. The van der Waals surface area contributed by atoms with Gasteiger partial charge in [0.15, 0.2) is 0 Å². The van der Waals surface area contributed by atoms with E-state index in [4.69, 9.17) is 0 Å². The quantitative estimate of drug-likeness (QED) is 0.787. The summed E-state index contributed by atoms with van der Waals surface area (Å²) in [5.74, 6) is -0.328. The summed E-state index contributed by atoms with van der Waals surface area (Å²) in [6.07, 6.45) is 3.60. The summed E-state index contributed by atoms with van der Waals surface area (Å²) in [4.78, 5) is 11.9. The van der Waals surface area contributed by atoms with Gasteiger partial charge in [0.1, 0.15) is 5.82 Å². The third kappa shape index (κ3) is 3.23. The Balaban J connectivity index is 2.01. The van der Waals surface area contributed by atoms with Gasteiger partial charge in [0, 0.05) is 5.69 Å². The minimum absolute atomic E-state index is 0.0528. The third-order valence-electron chi connectivity index (χ3n) is 3.68. The van der Waals surface area contributed by atoms with E-state index < -0.39 is 5.54 Å². The van der Waals surface area contributed by atoms with Gasteiger partial charge in [-0.15, -0.1) is 0 Å². The van der Waals surface area contributed by atoms with E-state index in [0.29, 0.717) is 11.3 Å². The van der Waals surface area contributed by atoms with Gasteiger partial charge in [-0.1, -0.05) is 12.8 Å². The van der Waals surface area contributed by atoms with Gasteiger partial charge in [-0.05, 0) is 43.5 Å². The van der Waals surface area contributed by atoms with Crippen molar-refractivity contribution < 1.29 is 14.3 Å². The summed E-state index contributed by atoms with van der Waals surface area (Å²) in [7, 11) is 0. The van der Waals surface area contributed by atoms with Gasteiger partial charge in [0.25, 0.3) is 0 Å². The molecule has 1 aliphatic rings. The number of benzene rings is 1. The van der Waals surface area contributed by atoms with Crippen molar-refractivity contribution in [3.05, 3.63) is 29.6 Å². The Labute approximate surface area is 112 Å². The number of aryl methyl sites for hydroxylation is 1. The van der Waals surface area contributed by atoms with Gasteiger partial charge in [-0.3, -0.25) is 0 Å². The summed E-state index contributed by atoms with van der Waals surface area (Å²) >= 11 is 0. The molecular formula is C14H19FN2O2. The van der Waals surface area contributed by atoms with Crippen LogP contribution in [0.1, 0.15) is 31.2 Å². The highest BCUT2D eigenvalue weighted by Gasteiger charge is 2.34. The Morgan fingerprint density at radius 3 is 2.68 bits per heavy atom. The molecule has 1 aliphatic carbocycles. The summed E-state index contributed by atoms with van der Waals surface area (Å²) in [6, 6.07) is 3.85. The van der Waals surface area contributed by atoms with Gasteiger partial charge in [0.2, 0.25) is 0 Å². The fourth-order valence-corrected chi connectivity index (χ4v) is 2.54. The lowest BCUT2D eigenvalue weighted by Gasteiger charge is -2.28. The molecule has 0 unspecified atom stereocenters. The number of anilines is 1. The second-order valence-corrected chi connectivity index (χ2v) is 5.18. The number of rotatable bonds is 3. The molecule has 2 rings (SSSR count). The molecule has 4 nitrogen and oxygen atoms in total. The molecule has 0 heterocycles. The molecule has 1 fully saturated rings. The minimum Gasteiger partial charge on any atom is -0.394 e. The van der Waals surface area contributed by atoms with Crippen molar-refractivity contribution in [1.29, 1.82) is 0 Å². The highest BCUT2D eigenvalue weighted by atomic mass is 19.1. The van der Waals surface area contributed by atoms with E-state index in [0.717, 1.165) is 25.7 Å². The molecule has 5 heteroatoms. The van der Waals surface area contributed by atoms with Crippen molar-refractivity contribution in [2.75, 3.05) is 11.9 Å². The molecule has 0 bridgehead atoms. The average molecular weight is 266 g/mol. The smallest absolute Gasteiger partial charge is 0.319 e. The van der Waals surface area contributed by atoms with E-state index in [1.54, 1.807) is 6.92 Å². The molecule has 2 amide bonds. The molecule has 19 heavy (non-hydrogen) atoms. The molecule has 0 aromatic heterocycles. The fourth-order valence-electron chi connectivity index (χ4n) is 2.54. The molecule has 1 aromatic carbocycles. The first-order valence-corrected chi connectivity index (χ1v) is 6.51. The minimum atomic E-state index is -0.502. The lowest BCUT2D eigenvalue weighted by atomic mass is 9.99. The van der Waals surface area contributed by atoms with Crippen molar-refractivity contribution in [3.8, 4) is 0 Å². The third-order valence-corrected chi connectivity index (χ3v) is 3.68. The highest BCUT2D eigenvalue weighted by Crippen LogP contribution is 2.29. The van der Waals surface area contributed by atoms with E-state index in [9.17, 15) is 14.3 Å². The SMILES string of the molecule is Cc1cc(F)ccc1NC(=O)NC1(CO)CCCC1. The number of nitrogens with one attached hydrogen (secondary N) is 2. The maximum atomic E-state index is 13.0. The fraction of sp³-hybridized carbons (Fsp3) is 0.500. The topological polar surface area (TPSA) is 61.4 Å². The van der Waals surface area contributed by atoms with Crippen LogP contribution in [0, 0.1) is 12.7 Å². The number of aliphatic hydroxyl groups is 1. The molecule has 0 saturated heterocycles. The van der Waals surface area contributed by atoms with Crippen molar-refractivity contribution in [1.82, 2.24) is 5.32 Å². The molecule has 1 saturated carbocycles. The summed E-state index contributed by atoms with van der Waals surface area (Å²) < 4.78 is 13.0. The van der Waals surface area contributed by atoms with Gasteiger partial charge in [0.05, 0.1) is 12.1 Å². The Hall–Kier alpha value is -1.62. The van der Waals surface area contributed by atoms with Crippen molar-refractivity contribution >= 4 is 11.7 Å². The normalized spacial score (nSPS) is 17.2. The van der Waals surface area contributed by atoms with E-state index in [1.165, 1.54) is 18.2 Å². The predicted octanol–water partition coefficient (Wildman–Crippen LogP) is 2.56. The van der Waals surface area contributed by atoms with Gasteiger partial charge >= 0.3 is 6.03 Å². The number of carbonyl (C=O) groups is 1. The predicted molar refractivity (Wildman–Crippen MR) is 71.6 cm³/mol. The number of aliphatic hydroxyl groups excluding tert-OH is 1. The summed E-state index contributed by atoms with van der Waals surface area (Å²) in [5, 5.41) is 15.0. The van der Waals surface area contributed by atoms with Crippen LogP contribution in [-0.2, 0) is 0 Å². The van der Waals surface area contributed by atoms with Crippen molar-refractivity contribution in [3.63, 3.8) is 0 Å². The van der Waals surface area contributed by atoms with Crippen LogP contribution >= 0.6 is 0 Å². The highest BCUT2D eigenvalue weighted by molar-refractivity contribution is 5.90. The van der Waals surface area contributed by atoms with Crippen LogP contribution in [0.25, 0.3) is 0 Å².